The molecule has 1 aromatic rings. The molecular weight excluding hydrogens is 222 g/mol. The van der Waals surface area contributed by atoms with E-state index in [1.54, 1.807) is 24.3 Å². The standard InChI is InChI=1S/C10H13N5O2/c11-6-1-7-13-10(16)17-9-4-2-8(3-5-9)14-15-12/h2-5H,1,6-7,11H2,(H,13,16). The number of hydrogen-bond donors (Lipinski definition) is 2. The number of amides is 1. The zero-order chi connectivity index (χ0) is 12.5. The molecule has 0 aliphatic heterocycles. The predicted octanol–water partition coefficient (Wildman–Crippen LogP) is 2.07. The molecule has 90 valence electrons. The van der Waals surface area contributed by atoms with Gasteiger partial charge in [0.05, 0.1) is 0 Å². The Morgan fingerprint density at radius 2 is 2.18 bits per heavy atom. The first kappa shape index (κ1) is 12.8. The highest BCUT2D eigenvalue weighted by molar-refractivity contribution is 5.70. The van der Waals surface area contributed by atoms with Crippen LogP contribution in [0.2, 0.25) is 0 Å². The minimum atomic E-state index is -0.532. The Kier molecular flexibility index (Phi) is 5.36. The van der Waals surface area contributed by atoms with Gasteiger partial charge in [-0.05, 0) is 42.8 Å². The normalized spacial score (nSPS) is 9.24. The summed E-state index contributed by atoms with van der Waals surface area (Å²) in [5, 5.41) is 5.95. The predicted molar refractivity (Wildman–Crippen MR) is 62.9 cm³/mol. The van der Waals surface area contributed by atoms with Crippen LogP contribution in [-0.2, 0) is 0 Å². The molecule has 0 bridgehead atoms. The van der Waals surface area contributed by atoms with Gasteiger partial charge >= 0.3 is 6.09 Å². The Morgan fingerprint density at radius 3 is 2.76 bits per heavy atom. The number of nitrogens with two attached hydrogens (primary N) is 1. The SMILES string of the molecule is [N-]=[N+]=Nc1ccc(OC(=O)NCCCN)cc1. The molecule has 0 radical (unpaired) electrons. The van der Waals surface area contributed by atoms with E-state index in [9.17, 15) is 4.79 Å². The summed E-state index contributed by atoms with van der Waals surface area (Å²) in [6.07, 6.45) is 0.167. The van der Waals surface area contributed by atoms with Gasteiger partial charge in [0.1, 0.15) is 5.75 Å². The molecule has 0 aliphatic carbocycles. The van der Waals surface area contributed by atoms with Gasteiger partial charge in [-0.15, -0.1) is 0 Å². The Bertz CT molecular complexity index is 411. The minimum Gasteiger partial charge on any atom is -0.410 e. The Hall–Kier alpha value is -2.24. The van der Waals surface area contributed by atoms with Crippen LogP contribution in [0.5, 0.6) is 5.75 Å². The molecule has 0 aliphatic rings. The van der Waals surface area contributed by atoms with E-state index in [0.29, 0.717) is 30.9 Å². The largest absolute Gasteiger partial charge is 0.412 e. The zero-order valence-electron chi connectivity index (χ0n) is 9.17. The monoisotopic (exact) mass is 235 g/mol. The molecule has 1 rings (SSSR count). The van der Waals surface area contributed by atoms with Crippen LogP contribution in [-0.4, -0.2) is 19.2 Å². The lowest BCUT2D eigenvalue weighted by atomic mass is 10.3. The number of hydrogen-bond acceptors (Lipinski definition) is 4. The quantitative estimate of drug-likeness (QED) is 0.352. The molecule has 0 saturated heterocycles. The van der Waals surface area contributed by atoms with Gasteiger partial charge in [-0.3, -0.25) is 0 Å². The number of carbonyl (C=O) groups is 1. The highest BCUT2D eigenvalue weighted by Gasteiger charge is 2.02. The van der Waals surface area contributed by atoms with Gasteiger partial charge in [-0.2, -0.15) is 0 Å². The van der Waals surface area contributed by atoms with Crippen LogP contribution in [0.25, 0.3) is 10.4 Å². The third kappa shape index (κ3) is 4.87. The van der Waals surface area contributed by atoms with Crippen molar-refractivity contribution in [2.24, 2.45) is 10.8 Å². The molecule has 7 nitrogen and oxygen atoms in total. The first-order valence-electron chi connectivity index (χ1n) is 5.07. The van der Waals surface area contributed by atoms with Crippen molar-refractivity contribution in [1.29, 1.82) is 0 Å². The number of nitrogens with zero attached hydrogens (tertiary/aromatic N) is 3. The minimum absolute atomic E-state index is 0.382. The number of nitrogens with one attached hydrogen (secondary N) is 1. The average Bonchev–Trinajstić information content (AvgIpc) is 2.32. The maximum absolute atomic E-state index is 11.2. The van der Waals surface area contributed by atoms with Crippen molar-refractivity contribution in [3.8, 4) is 5.75 Å². The van der Waals surface area contributed by atoms with E-state index in [1.165, 1.54) is 0 Å². The molecule has 0 heterocycles. The van der Waals surface area contributed by atoms with Gasteiger partial charge in [-0.1, -0.05) is 5.11 Å². The summed E-state index contributed by atoms with van der Waals surface area (Å²) in [7, 11) is 0. The highest BCUT2D eigenvalue weighted by Crippen LogP contribution is 2.18. The Morgan fingerprint density at radius 1 is 1.47 bits per heavy atom. The molecule has 0 spiro atoms. The Balaban J connectivity index is 2.45. The third-order valence-corrected chi connectivity index (χ3v) is 1.86. The molecule has 0 fully saturated rings. The second kappa shape index (κ2) is 7.10. The summed E-state index contributed by atoms with van der Waals surface area (Å²) < 4.78 is 4.97. The molecule has 0 unspecified atom stereocenters. The van der Waals surface area contributed by atoms with Crippen LogP contribution in [0.4, 0.5) is 10.5 Å². The number of ether oxygens (including phenoxy) is 1. The van der Waals surface area contributed by atoms with Crippen LogP contribution in [0, 0.1) is 0 Å². The van der Waals surface area contributed by atoms with Crippen molar-refractivity contribution in [3.05, 3.63) is 34.7 Å². The summed E-state index contributed by atoms with van der Waals surface area (Å²) in [5.41, 5.74) is 13.9. The van der Waals surface area contributed by atoms with E-state index in [0.717, 1.165) is 0 Å². The van der Waals surface area contributed by atoms with Crippen molar-refractivity contribution in [1.82, 2.24) is 5.32 Å². The Labute approximate surface area is 98.2 Å². The molecule has 1 amide bonds. The van der Waals surface area contributed by atoms with E-state index >= 15 is 0 Å². The fourth-order valence-electron chi connectivity index (χ4n) is 1.07. The van der Waals surface area contributed by atoms with Gasteiger partial charge in [0.15, 0.2) is 0 Å². The van der Waals surface area contributed by atoms with Crippen LogP contribution in [0.3, 0.4) is 0 Å². The molecule has 0 saturated carbocycles. The first-order valence-corrected chi connectivity index (χ1v) is 5.07. The second-order valence-corrected chi connectivity index (χ2v) is 3.14. The molecular formula is C10H13N5O2. The fraction of sp³-hybridized carbons (Fsp3) is 0.300. The molecule has 1 aromatic carbocycles. The summed E-state index contributed by atoms with van der Waals surface area (Å²) in [5.74, 6) is 0.382. The van der Waals surface area contributed by atoms with Crippen molar-refractivity contribution in [2.45, 2.75) is 6.42 Å². The van der Waals surface area contributed by atoms with E-state index < -0.39 is 6.09 Å². The van der Waals surface area contributed by atoms with Crippen LogP contribution < -0.4 is 15.8 Å². The average molecular weight is 235 g/mol. The third-order valence-electron chi connectivity index (χ3n) is 1.86. The topological polar surface area (TPSA) is 113 Å². The van der Waals surface area contributed by atoms with Gasteiger partial charge in [0.25, 0.3) is 0 Å². The lowest BCUT2D eigenvalue weighted by Gasteiger charge is -2.05. The molecule has 7 heteroatoms. The number of rotatable bonds is 5. The van der Waals surface area contributed by atoms with Gasteiger partial charge in [-0.25, -0.2) is 4.79 Å². The lowest BCUT2D eigenvalue weighted by Crippen LogP contribution is -2.28. The van der Waals surface area contributed by atoms with E-state index in [4.69, 9.17) is 16.0 Å². The maximum Gasteiger partial charge on any atom is 0.412 e. The lowest BCUT2D eigenvalue weighted by molar-refractivity contribution is 0.200. The molecule has 3 N–H and O–H groups in total. The van der Waals surface area contributed by atoms with Gasteiger partial charge in [0.2, 0.25) is 0 Å². The molecule has 17 heavy (non-hydrogen) atoms. The molecule has 0 aromatic heterocycles. The summed E-state index contributed by atoms with van der Waals surface area (Å²) >= 11 is 0. The van der Waals surface area contributed by atoms with E-state index in [-0.39, 0.29) is 0 Å². The van der Waals surface area contributed by atoms with Crippen molar-refractivity contribution in [2.75, 3.05) is 13.1 Å². The van der Waals surface area contributed by atoms with Crippen LogP contribution >= 0.6 is 0 Å². The fourth-order valence-corrected chi connectivity index (χ4v) is 1.07. The van der Waals surface area contributed by atoms with Gasteiger partial charge < -0.3 is 15.8 Å². The van der Waals surface area contributed by atoms with Gasteiger partial charge in [0, 0.05) is 17.1 Å². The van der Waals surface area contributed by atoms with Crippen molar-refractivity contribution >= 4 is 11.8 Å². The number of benzene rings is 1. The number of carbonyl (C=O) groups excluding carboxylic acids is 1. The second-order valence-electron chi connectivity index (χ2n) is 3.14. The molecule has 0 atom stereocenters. The summed E-state index contributed by atoms with van der Waals surface area (Å²) in [6.45, 7) is 0.993. The van der Waals surface area contributed by atoms with Crippen LogP contribution in [0.1, 0.15) is 6.42 Å². The summed E-state index contributed by atoms with van der Waals surface area (Å²) in [4.78, 5) is 13.9. The van der Waals surface area contributed by atoms with Crippen molar-refractivity contribution < 1.29 is 9.53 Å². The highest BCUT2D eigenvalue weighted by atomic mass is 16.5. The smallest absolute Gasteiger partial charge is 0.410 e. The first-order chi connectivity index (χ1) is 8.26. The van der Waals surface area contributed by atoms with Crippen molar-refractivity contribution in [3.63, 3.8) is 0 Å². The maximum atomic E-state index is 11.2. The number of azide groups is 1. The van der Waals surface area contributed by atoms with E-state index in [1.807, 2.05) is 0 Å². The van der Waals surface area contributed by atoms with Crippen LogP contribution in [0.15, 0.2) is 29.4 Å². The summed E-state index contributed by atoms with van der Waals surface area (Å²) in [6, 6.07) is 6.21. The van der Waals surface area contributed by atoms with E-state index in [2.05, 4.69) is 15.3 Å². The zero-order valence-corrected chi connectivity index (χ0v) is 9.17.